The number of nitrogens with zero attached hydrogens (tertiary/aromatic N) is 1. The SMILES string of the molecule is CC(O)C1CCN(C(C)C(=O)NCCc2ccccc2)CC1. The average molecular weight is 304 g/mol. The quantitative estimate of drug-likeness (QED) is 0.843. The van der Waals surface area contributed by atoms with Gasteiger partial charge in [-0.05, 0) is 57.7 Å². The lowest BCUT2D eigenvalue weighted by atomic mass is 9.91. The summed E-state index contributed by atoms with van der Waals surface area (Å²) in [5.74, 6) is 0.482. The Morgan fingerprint density at radius 3 is 2.50 bits per heavy atom. The van der Waals surface area contributed by atoms with Gasteiger partial charge in [0.2, 0.25) is 5.91 Å². The third-order valence-electron chi connectivity index (χ3n) is 4.74. The molecule has 4 heteroatoms. The maximum atomic E-state index is 12.2. The van der Waals surface area contributed by atoms with Crippen LogP contribution in [0.2, 0.25) is 0 Å². The van der Waals surface area contributed by atoms with Crippen molar-refractivity contribution in [1.82, 2.24) is 10.2 Å². The molecule has 1 aromatic rings. The van der Waals surface area contributed by atoms with E-state index in [9.17, 15) is 9.90 Å². The smallest absolute Gasteiger partial charge is 0.237 e. The van der Waals surface area contributed by atoms with Gasteiger partial charge >= 0.3 is 0 Å². The van der Waals surface area contributed by atoms with E-state index >= 15 is 0 Å². The van der Waals surface area contributed by atoms with Gasteiger partial charge in [0, 0.05) is 6.54 Å². The van der Waals surface area contributed by atoms with Gasteiger partial charge in [-0.1, -0.05) is 30.3 Å². The van der Waals surface area contributed by atoms with Crippen LogP contribution in [0.4, 0.5) is 0 Å². The number of carbonyl (C=O) groups excluding carboxylic acids is 1. The van der Waals surface area contributed by atoms with Crippen molar-refractivity contribution in [3.05, 3.63) is 35.9 Å². The molecule has 122 valence electrons. The van der Waals surface area contributed by atoms with Gasteiger partial charge in [0.15, 0.2) is 0 Å². The van der Waals surface area contributed by atoms with Crippen molar-refractivity contribution >= 4 is 5.91 Å². The number of rotatable bonds is 6. The molecule has 0 radical (unpaired) electrons. The molecule has 1 amide bonds. The van der Waals surface area contributed by atoms with Crippen LogP contribution in [0.5, 0.6) is 0 Å². The van der Waals surface area contributed by atoms with Gasteiger partial charge in [-0.25, -0.2) is 0 Å². The van der Waals surface area contributed by atoms with Crippen LogP contribution in [0.25, 0.3) is 0 Å². The zero-order valence-electron chi connectivity index (χ0n) is 13.7. The maximum absolute atomic E-state index is 12.2. The van der Waals surface area contributed by atoms with E-state index in [0.717, 1.165) is 32.4 Å². The molecule has 1 heterocycles. The summed E-state index contributed by atoms with van der Waals surface area (Å²) < 4.78 is 0. The lowest BCUT2D eigenvalue weighted by molar-refractivity contribution is -0.126. The van der Waals surface area contributed by atoms with E-state index < -0.39 is 0 Å². The van der Waals surface area contributed by atoms with Crippen LogP contribution in [-0.2, 0) is 11.2 Å². The Hall–Kier alpha value is -1.39. The van der Waals surface area contributed by atoms with Gasteiger partial charge < -0.3 is 10.4 Å². The molecule has 0 aromatic heterocycles. The van der Waals surface area contributed by atoms with E-state index in [1.54, 1.807) is 0 Å². The molecule has 2 unspecified atom stereocenters. The van der Waals surface area contributed by atoms with E-state index in [2.05, 4.69) is 22.3 Å². The molecule has 2 atom stereocenters. The van der Waals surface area contributed by atoms with Crippen molar-refractivity contribution in [1.29, 1.82) is 0 Å². The number of aliphatic hydroxyl groups excluding tert-OH is 1. The molecule has 0 bridgehead atoms. The third-order valence-corrected chi connectivity index (χ3v) is 4.74. The summed E-state index contributed by atoms with van der Waals surface area (Å²) in [5, 5.41) is 12.7. The Morgan fingerprint density at radius 1 is 1.27 bits per heavy atom. The summed E-state index contributed by atoms with van der Waals surface area (Å²) in [4.78, 5) is 14.5. The third kappa shape index (κ3) is 4.82. The summed E-state index contributed by atoms with van der Waals surface area (Å²) in [7, 11) is 0. The molecule has 1 saturated heterocycles. The Morgan fingerprint density at radius 2 is 1.91 bits per heavy atom. The molecule has 22 heavy (non-hydrogen) atoms. The molecule has 0 saturated carbocycles. The fourth-order valence-corrected chi connectivity index (χ4v) is 3.08. The normalized spacial score (nSPS) is 19.6. The number of nitrogens with one attached hydrogen (secondary N) is 1. The number of hydrogen-bond acceptors (Lipinski definition) is 3. The zero-order valence-corrected chi connectivity index (χ0v) is 13.7. The molecule has 0 aliphatic carbocycles. The fourth-order valence-electron chi connectivity index (χ4n) is 3.08. The topological polar surface area (TPSA) is 52.6 Å². The van der Waals surface area contributed by atoms with E-state index in [-0.39, 0.29) is 18.1 Å². The minimum atomic E-state index is -0.239. The summed E-state index contributed by atoms with van der Waals surface area (Å²) in [6.07, 6.45) is 2.57. The summed E-state index contributed by atoms with van der Waals surface area (Å²) in [5.41, 5.74) is 1.24. The van der Waals surface area contributed by atoms with Crippen LogP contribution < -0.4 is 5.32 Å². The number of piperidine rings is 1. The van der Waals surface area contributed by atoms with Crippen LogP contribution in [0, 0.1) is 5.92 Å². The van der Waals surface area contributed by atoms with Crippen molar-refractivity contribution in [3.8, 4) is 0 Å². The van der Waals surface area contributed by atoms with Crippen LogP contribution in [0.15, 0.2) is 30.3 Å². The second-order valence-corrected chi connectivity index (χ2v) is 6.32. The highest BCUT2D eigenvalue weighted by Crippen LogP contribution is 2.21. The lowest BCUT2D eigenvalue weighted by Crippen LogP contribution is -2.49. The van der Waals surface area contributed by atoms with Crippen molar-refractivity contribution in [2.45, 2.75) is 45.3 Å². The minimum absolute atomic E-state index is 0.0919. The van der Waals surface area contributed by atoms with Crippen molar-refractivity contribution in [2.75, 3.05) is 19.6 Å². The van der Waals surface area contributed by atoms with E-state index in [4.69, 9.17) is 0 Å². The summed E-state index contributed by atoms with van der Waals surface area (Å²) >= 11 is 0. The number of hydrogen-bond donors (Lipinski definition) is 2. The van der Waals surface area contributed by atoms with E-state index in [1.165, 1.54) is 5.56 Å². The van der Waals surface area contributed by atoms with E-state index in [0.29, 0.717) is 12.5 Å². The number of amides is 1. The Labute approximate surface area is 133 Å². The van der Waals surface area contributed by atoms with Crippen molar-refractivity contribution in [2.24, 2.45) is 5.92 Å². The van der Waals surface area contributed by atoms with Gasteiger partial charge in [-0.15, -0.1) is 0 Å². The molecular formula is C18H28N2O2. The van der Waals surface area contributed by atoms with Crippen molar-refractivity contribution in [3.63, 3.8) is 0 Å². The largest absolute Gasteiger partial charge is 0.393 e. The van der Waals surface area contributed by atoms with Crippen molar-refractivity contribution < 1.29 is 9.90 Å². The van der Waals surface area contributed by atoms with E-state index in [1.807, 2.05) is 32.0 Å². The second-order valence-electron chi connectivity index (χ2n) is 6.32. The zero-order chi connectivity index (χ0) is 15.9. The number of likely N-dealkylation sites (tertiary alicyclic amines) is 1. The van der Waals surface area contributed by atoms with Crippen LogP contribution in [0.3, 0.4) is 0 Å². The molecule has 1 aliphatic rings. The molecule has 2 N–H and O–H groups in total. The summed E-state index contributed by atoms with van der Waals surface area (Å²) in [6, 6.07) is 10.1. The molecule has 1 aromatic carbocycles. The van der Waals surface area contributed by atoms with Crippen LogP contribution in [-0.4, -0.2) is 47.7 Å². The Bertz CT molecular complexity index is 453. The highest BCUT2D eigenvalue weighted by Gasteiger charge is 2.28. The molecule has 1 fully saturated rings. The highest BCUT2D eigenvalue weighted by atomic mass is 16.3. The summed E-state index contributed by atoms with van der Waals surface area (Å²) in [6.45, 7) is 6.30. The van der Waals surface area contributed by atoms with Gasteiger partial charge in [0.05, 0.1) is 12.1 Å². The average Bonchev–Trinajstić information content (AvgIpc) is 2.55. The van der Waals surface area contributed by atoms with Crippen LogP contribution in [0.1, 0.15) is 32.3 Å². The van der Waals surface area contributed by atoms with Gasteiger partial charge in [0.1, 0.15) is 0 Å². The van der Waals surface area contributed by atoms with Gasteiger partial charge in [-0.2, -0.15) is 0 Å². The first-order chi connectivity index (χ1) is 10.6. The predicted molar refractivity (Wildman–Crippen MR) is 88.6 cm³/mol. The highest BCUT2D eigenvalue weighted by molar-refractivity contribution is 5.81. The van der Waals surface area contributed by atoms with Gasteiger partial charge in [0.25, 0.3) is 0 Å². The maximum Gasteiger partial charge on any atom is 0.237 e. The lowest BCUT2D eigenvalue weighted by Gasteiger charge is -2.36. The molecule has 2 rings (SSSR count). The second kappa shape index (κ2) is 8.30. The minimum Gasteiger partial charge on any atom is -0.393 e. The first kappa shape index (κ1) is 17.0. The molecular weight excluding hydrogens is 276 g/mol. The number of carbonyl (C=O) groups is 1. The molecule has 0 spiro atoms. The van der Waals surface area contributed by atoms with Crippen LogP contribution >= 0.6 is 0 Å². The number of benzene rings is 1. The molecule has 4 nitrogen and oxygen atoms in total. The Kier molecular flexibility index (Phi) is 6.40. The monoisotopic (exact) mass is 304 g/mol. The Balaban J connectivity index is 1.71. The standard InChI is InChI=1S/C18H28N2O2/c1-14(20-12-9-17(10-13-20)15(2)21)18(22)19-11-8-16-6-4-3-5-7-16/h3-7,14-15,17,21H,8-13H2,1-2H3,(H,19,22). The number of aliphatic hydroxyl groups is 1. The predicted octanol–water partition coefficient (Wildman–Crippen LogP) is 1.83. The molecule has 1 aliphatic heterocycles. The first-order valence-corrected chi connectivity index (χ1v) is 8.31. The first-order valence-electron chi connectivity index (χ1n) is 8.31. The van der Waals surface area contributed by atoms with Gasteiger partial charge in [-0.3, -0.25) is 9.69 Å². The fraction of sp³-hybridized carbons (Fsp3) is 0.611.